The molecule has 1 aliphatic heterocycles. The first-order valence-electron chi connectivity index (χ1n) is 6.71. The normalized spacial score (nSPS) is 23.9. The Morgan fingerprint density at radius 3 is 2.42 bits per heavy atom. The zero-order valence-corrected chi connectivity index (χ0v) is 13.0. The summed E-state index contributed by atoms with van der Waals surface area (Å²) in [5, 5.41) is 10.2. The zero-order valence-electron chi connectivity index (χ0n) is 12.2. The molecule has 0 aromatic carbocycles. The van der Waals surface area contributed by atoms with E-state index in [1.165, 1.54) is 11.3 Å². The highest BCUT2D eigenvalue weighted by molar-refractivity contribution is 7.17. The van der Waals surface area contributed by atoms with Gasteiger partial charge in [-0.15, -0.1) is 0 Å². The molecule has 0 aliphatic carbocycles. The fourth-order valence-corrected chi connectivity index (χ4v) is 3.88. The molecule has 0 amide bonds. The Morgan fingerprint density at radius 1 is 1.42 bits per heavy atom. The summed E-state index contributed by atoms with van der Waals surface area (Å²) in [5.41, 5.74) is 0.462. The molecule has 1 aromatic rings. The highest BCUT2D eigenvalue weighted by Crippen LogP contribution is 2.37. The largest absolute Gasteiger partial charge is 0.477 e. The van der Waals surface area contributed by atoms with Crippen LogP contribution in [0, 0.1) is 5.92 Å². The quantitative estimate of drug-likeness (QED) is 0.903. The van der Waals surface area contributed by atoms with E-state index in [2.05, 4.69) is 23.7 Å². The number of rotatable bonds is 2. The predicted octanol–water partition coefficient (Wildman–Crippen LogP) is 3.37. The van der Waals surface area contributed by atoms with E-state index < -0.39 is 5.97 Å². The molecule has 0 spiro atoms. The van der Waals surface area contributed by atoms with Crippen molar-refractivity contribution < 1.29 is 9.90 Å². The molecular weight excluding hydrogens is 260 g/mol. The molecule has 1 fully saturated rings. The second-order valence-corrected chi connectivity index (χ2v) is 7.55. The average molecular weight is 282 g/mol. The predicted molar refractivity (Wildman–Crippen MR) is 78.4 cm³/mol. The fraction of sp³-hybridized carbons (Fsp3) is 0.714. The minimum atomic E-state index is -0.867. The second kappa shape index (κ2) is 4.78. The van der Waals surface area contributed by atoms with E-state index in [0.717, 1.165) is 18.1 Å². The summed E-state index contributed by atoms with van der Waals surface area (Å²) in [6.07, 6.45) is 1.15. The molecule has 1 aliphatic rings. The third-order valence-electron chi connectivity index (χ3n) is 3.55. The number of carboxylic acids is 1. The molecule has 1 aromatic heterocycles. The van der Waals surface area contributed by atoms with Crippen LogP contribution in [-0.2, 0) is 5.41 Å². The van der Waals surface area contributed by atoms with E-state index >= 15 is 0 Å². The maximum atomic E-state index is 11.4. The van der Waals surface area contributed by atoms with E-state index in [4.69, 9.17) is 0 Å². The summed E-state index contributed by atoms with van der Waals surface area (Å²) in [6, 6.07) is 0.440. The van der Waals surface area contributed by atoms with Gasteiger partial charge in [0.2, 0.25) is 0 Å². The molecule has 4 nitrogen and oxygen atoms in total. The lowest BCUT2D eigenvalue weighted by molar-refractivity contribution is 0.0699. The van der Waals surface area contributed by atoms with Crippen molar-refractivity contribution in [2.75, 3.05) is 11.4 Å². The Labute approximate surface area is 118 Å². The summed E-state index contributed by atoms with van der Waals surface area (Å²) < 4.78 is 0. The van der Waals surface area contributed by atoms with Crippen LogP contribution in [0.3, 0.4) is 0 Å². The molecular formula is C14H22N2O2S. The van der Waals surface area contributed by atoms with Crippen molar-refractivity contribution in [3.05, 3.63) is 10.6 Å². The highest BCUT2D eigenvalue weighted by atomic mass is 32.1. The van der Waals surface area contributed by atoms with E-state index in [1.54, 1.807) is 0 Å². The number of hydrogen-bond acceptors (Lipinski definition) is 4. The van der Waals surface area contributed by atoms with Gasteiger partial charge in [0.1, 0.15) is 4.88 Å². The Morgan fingerprint density at radius 2 is 2.05 bits per heavy atom. The van der Waals surface area contributed by atoms with Crippen LogP contribution in [0.15, 0.2) is 0 Å². The van der Waals surface area contributed by atoms with Gasteiger partial charge in [-0.2, -0.15) is 0 Å². The Balaban J connectivity index is 2.41. The lowest BCUT2D eigenvalue weighted by Crippen LogP contribution is -2.26. The maximum absolute atomic E-state index is 11.4. The number of anilines is 1. The third-order valence-corrected chi connectivity index (χ3v) is 4.63. The summed E-state index contributed by atoms with van der Waals surface area (Å²) in [5.74, 6) is -0.223. The molecule has 2 rings (SSSR count). The molecule has 0 saturated carbocycles. The van der Waals surface area contributed by atoms with Crippen LogP contribution in [0.25, 0.3) is 0 Å². The molecule has 1 N–H and O–H groups in total. The van der Waals surface area contributed by atoms with Gasteiger partial charge in [0.05, 0.1) is 5.69 Å². The van der Waals surface area contributed by atoms with Crippen molar-refractivity contribution >= 4 is 22.4 Å². The van der Waals surface area contributed by atoms with Crippen molar-refractivity contribution in [2.45, 2.75) is 52.5 Å². The molecule has 1 saturated heterocycles. The molecule has 0 bridgehead atoms. The number of hydrogen-bond donors (Lipinski definition) is 1. The van der Waals surface area contributed by atoms with E-state index in [0.29, 0.717) is 22.5 Å². The Kier molecular flexibility index (Phi) is 3.60. The highest BCUT2D eigenvalue weighted by Gasteiger charge is 2.33. The molecule has 5 heteroatoms. The number of aromatic carboxylic acids is 1. The molecule has 2 heterocycles. The van der Waals surface area contributed by atoms with Crippen LogP contribution in [0.5, 0.6) is 0 Å². The fourth-order valence-electron chi connectivity index (χ4n) is 2.65. The summed E-state index contributed by atoms with van der Waals surface area (Å²) in [6.45, 7) is 11.4. The molecule has 2 atom stereocenters. The third kappa shape index (κ3) is 2.76. The number of aromatic nitrogens is 1. The van der Waals surface area contributed by atoms with Crippen molar-refractivity contribution in [1.29, 1.82) is 0 Å². The first-order chi connectivity index (χ1) is 8.70. The molecule has 2 unspecified atom stereocenters. The van der Waals surface area contributed by atoms with Gasteiger partial charge >= 0.3 is 5.97 Å². The topological polar surface area (TPSA) is 53.4 Å². The lowest BCUT2D eigenvalue weighted by atomic mass is 9.91. The zero-order chi connectivity index (χ0) is 14.4. The summed E-state index contributed by atoms with van der Waals surface area (Å²) >= 11 is 1.31. The first-order valence-corrected chi connectivity index (χ1v) is 7.53. The molecule has 19 heavy (non-hydrogen) atoms. The van der Waals surface area contributed by atoms with Crippen molar-refractivity contribution in [3.8, 4) is 0 Å². The molecule has 106 valence electrons. The van der Waals surface area contributed by atoms with Crippen LogP contribution >= 0.6 is 11.3 Å². The van der Waals surface area contributed by atoms with Crippen molar-refractivity contribution in [2.24, 2.45) is 5.92 Å². The van der Waals surface area contributed by atoms with Gasteiger partial charge in [-0.25, -0.2) is 9.78 Å². The molecule has 0 radical (unpaired) electrons. The van der Waals surface area contributed by atoms with Crippen molar-refractivity contribution in [1.82, 2.24) is 4.98 Å². The minimum Gasteiger partial charge on any atom is -0.477 e. The summed E-state index contributed by atoms with van der Waals surface area (Å²) in [7, 11) is 0. The summed E-state index contributed by atoms with van der Waals surface area (Å²) in [4.78, 5) is 18.7. The van der Waals surface area contributed by atoms with Gasteiger partial charge in [-0.3, -0.25) is 0 Å². The smallest absolute Gasteiger partial charge is 0.347 e. The number of thiazole rings is 1. The van der Waals surface area contributed by atoms with Gasteiger partial charge in [0, 0.05) is 18.0 Å². The van der Waals surface area contributed by atoms with Crippen LogP contribution in [0.1, 0.15) is 56.4 Å². The van der Waals surface area contributed by atoms with E-state index in [-0.39, 0.29) is 5.41 Å². The Hall–Kier alpha value is -1.10. The first kappa shape index (κ1) is 14.3. The maximum Gasteiger partial charge on any atom is 0.347 e. The number of carboxylic acid groups (broad SMARTS) is 1. The van der Waals surface area contributed by atoms with Crippen LogP contribution in [0.2, 0.25) is 0 Å². The number of carbonyl (C=O) groups is 1. The SMILES string of the molecule is CC1CC(C)N(c2nc(C(C)(C)C)c(C(=O)O)s2)C1. The van der Waals surface area contributed by atoms with Gasteiger partial charge in [-0.1, -0.05) is 39.0 Å². The van der Waals surface area contributed by atoms with E-state index in [1.807, 2.05) is 20.8 Å². The van der Waals surface area contributed by atoms with Gasteiger partial charge < -0.3 is 10.0 Å². The Bertz CT molecular complexity index is 490. The van der Waals surface area contributed by atoms with Gasteiger partial charge in [-0.05, 0) is 19.3 Å². The van der Waals surface area contributed by atoms with Crippen LogP contribution < -0.4 is 4.90 Å². The van der Waals surface area contributed by atoms with Gasteiger partial charge in [0.15, 0.2) is 5.13 Å². The average Bonchev–Trinajstić information content (AvgIpc) is 2.80. The van der Waals surface area contributed by atoms with E-state index in [9.17, 15) is 9.90 Å². The minimum absolute atomic E-state index is 0.239. The van der Waals surface area contributed by atoms with Gasteiger partial charge in [0.25, 0.3) is 0 Å². The number of nitrogens with zero attached hydrogens (tertiary/aromatic N) is 2. The van der Waals surface area contributed by atoms with Crippen LogP contribution in [0.4, 0.5) is 5.13 Å². The monoisotopic (exact) mass is 282 g/mol. The van der Waals surface area contributed by atoms with Crippen molar-refractivity contribution in [3.63, 3.8) is 0 Å². The lowest BCUT2D eigenvalue weighted by Gasteiger charge is -2.20. The van der Waals surface area contributed by atoms with Crippen LogP contribution in [-0.4, -0.2) is 28.6 Å². The second-order valence-electron chi connectivity index (χ2n) is 6.57. The standard InChI is InChI=1S/C14H22N2O2S/c1-8-6-9(2)16(7-8)13-15-11(14(3,4)5)10(19-13)12(17)18/h8-9H,6-7H2,1-5H3,(H,17,18).